The van der Waals surface area contributed by atoms with Gasteiger partial charge < -0.3 is 29.0 Å². The lowest BCUT2D eigenvalue weighted by Crippen LogP contribution is -2.50. The molecule has 0 spiro atoms. The van der Waals surface area contributed by atoms with Crippen molar-refractivity contribution in [3.05, 3.63) is 89.0 Å². The molecule has 0 bridgehead atoms. The van der Waals surface area contributed by atoms with Gasteiger partial charge in [0.2, 0.25) is 0 Å². The van der Waals surface area contributed by atoms with Crippen molar-refractivity contribution >= 4 is 22.4 Å². The highest BCUT2D eigenvalue weighted by molar-refractivity contribution is 5.94. The molecule has 3 heterocycles. The van der Waals surface area contributed by atoms with Crippen molar-refractivity contribution in [2.24, 2.45) is 0 Å². The van der Waals surface area contributed by atoms with E-state index in [0.717, 1.165) is 72.2 Å². The Morgan fingerprint density at radius 1 is 0.952 bits per heavy atom. The molecular weight excluding hydrogens is 538 g/mol. The van der Waals surface area contributed by atoms with Gasteiger partial charge in [-0.3, -0.25) is 0 Å². The zero-order valence-corrected chi connectivity index (χ0v) is 23.8. The molecule has 4 aromatic rings. The van der Waals surface area contributed by atoms with Crippen molar-refractivity contribution in [2.45, 2.75) is 63.8 Å². The summed E-state index contributed by atoms with van der Waals surface area (Å²) in [6.45, 7) is 0.760. The van der Waals surface area contributed by atoms with Gasteiger partial charge in [0.05, 0.1) is 45.2 Å². The van der Waals surface area contributed by atoms with E-state index in [9.17, 15) is 0 Å². The maximum atomic E-state index is 16.1. The first-order valence-electron chi connectivity index (χ1n) is 14.6. The van der Waals surface area contributed by atoms with Gasteiger partial charge in [0.1, 0.15) is 17.2 Å². The monoisotopic (exact) mass is 572 g/mol. The minimum atomic E-state index is -0.754. The van der Waals surface area contributed by atoms with Crippen LogP contribution in [0, 0.1) is 11.6 Å². The van der Waals surface area contributed by atoms with Crippen LogP contribution in [0.3, 0.4) is 0 Å². The number of fused-ring (bicyclic) bond motifs is 3. The molecule has 7 rings (SSSR count). The molecule has 3 aliphatic rings. The second-order valence-electron chi connectivity index (χ2n) is 11.2. The molecule has 2 atom stereocenters. The van der Waals surface area contributed by atoms with Gasteiger partial charge in [0.25, 0.3) is 0 Å². The topological polar surface area (TPSA) is 62.9 Å². The molecule has 218 valence electrons. The number of methoxy groups -OCH3 is 2. The largest absolute Gasteiger partial charge is 0.493 e. The Balaban J connectivity index is 1.40. The van der Waals surface area contributed by atoms with Crippen LogP contribution < -0.4 is 19.3 Å². The molecule has 2 aromatic carbocycles. The first kappa shape index (κ1) is 26.8. The Hall–Kier alpha value is -4.11. The summed E-state index contributed by atoms with van der Waals surface area (Å²) in [5, 5.41) is 0.988. The number of aromatic nitrogens is 2. The predicted octanol–water partition coefficient (Wildman–Crippen LogP) is 7.22. The normalized spacial score (nSPS) is 20.2. The lowest BCUT2D eigenvalue weighted by Gasteiger charge is -2.48. The molecule has 1 aliphatic heterocycles. The summed E-state index contributed by atoms with van der Waals surface area (Å²) in [6.07, 6.45) is 9.21. The molecule has 1 N–H and O–H groups in total. The second-order valence-corrected chi connectivity index (χ2v) is 11.2. The number of allylic oxidation sites excluding steroid dienone is 1. The zero-order valence-electron chi connectivity index (χ0n) is 23.8. The van der Waals surface area contributed by atoms with E-state index in [4.69, 9.17) is 14.2 Å². The van der Waals surface area contributed by atoms with Crippen LogP contribution in [0.4, 0.5) is 20.2 Å². The summed E-state index contributed by atoms with van der Waals surface area (Å²) >= 11 is 0. The quantitative estimate of drug-likeness (QED) is 0.252. The molecular formula is C33H34F2N4O3. The number of aromatic amines is 1. The fraction of sp³-hybridized carbons (Fsp3) is 0.364. The van der Waals surface area contributed by atoms with Crippen LogP contribution in [-0.2, 0) is 17.9 Å². The van der Waals surface area contributed by atoms with Crippen LogP contribution in [0.2, 0.25) is 0 Å². The Labute approximate surface area is 243 Å². The number of hydrogen-bond acceptors (Lipinski definition) is 6. The molecule has 2 aromatic heterocycles. The van der Waals surface area contributed by atoms with E-state index >= 15 is 8.78 Å². The maximum Gasteiger partial charge on any atom is 0.191 e. The van der Waals surface area contributed by atoms with E-state index in [1.54, 1.807) is 4.90 Å². The number of anilines is 2. The number of benzene rings is 2. The van der Waals surface area contributed by atoms with Gasteiger partial charge in [-0.25, -0.2) is 13.8 Å². The van der Waals surface area contributed by atoms with Gasteiger partial charge in [0.15, 0.2) is 23.1 Å². The summed E-state index contributed by atoms with van der Waals surface area (Å²) in [4.78, 5) is 12.0. The minimum Gasteiger partial charge on any atom is -0.493 e. The summed E-state index contributed by atoms with van der Waals surface area (Å²) in [7, 11) is 2.75. The van der Waals surface area contributed by atoms with Crippen LogP contribution in [-0.4, -0.2) is 36.3 Å². The van der Waals surface area contributed by atoms with Gasteiger partial charge >= 0.3 is 0 Å². The van der Waals surface area contributed by atoms with Crippen LogP contribution in [0.5, 0.6) is 11.5 Å². The Kier molecular flexibility index (Phi) is 6.98. The van der Waals surface area contributed by atoms with Gasteiger partial charge in [-0.05, 0) is 55.7 Å². The third-order valence-corrected chi connectivity index (χ3v) is 8.84. The fourth-order valence-electron chi connectivity index (χ4n) is 6.65. The van der Waals surface area contributed by atoms with Crippen molar-refractivity contribution in [3.8, 4) is 11.5 Å². The highest BCUT2D eigenvalue weighted by Gasteiger charge is 2.44. The molecule has 0 unspecified atom stereocenters. The smallest absolute Gasteiger partial charge is 0.191 e. The third kappa shape index (κ3) is 4.38. The van der Waals surface area contributed by atoms with Crippen molar-refractivity contribution in [1.29, 1.82) is 0 Å². The number of nitrogens with zero attached hydrogens (tertiary/aromatic N) is 3. The number of pyridine rings is 1. The van der Waals surface area contributed by atoms with Crippen LogP contribution in [0.15, 0.2) is 66.3 Å². The van der Waals surface area contributed by atoms with E-state index < -0.39 is 11.6 Å². The van der Waals surface area contributed by atoms with E-state index in [0.29, 0.717) is 6.61 Å². The second kappa shape index (κ2) is 10.9. The fourth-order valence-corrected chi connectivity index (χ4v) is 6.65. The van der Waals surface area contributed by atoms with Crippen molar-refractivity contribution in [3.63, 3.8) is 0 Å². The molecule has 0 radical (unpaired) electrons. The number of ether oxygens (including phenoxy) is 3. The molecule has 0 saturated heterocycles. The van der Waals surface area contributed by atoms with Crippen molar-refractivity contribution in [2.75, 3.05) is 24.0 Å². The molecule has 2 fully saturated rings. The Bertz CT molecular complexity index is 1620. The molecule has 2 saturated carbocycles. The summed E-state index contributed by atoms with van der Waals surface area (Å²) in [5.74, 6) is -0.813. The van der Waals surface area contributed by atoms with Crippen LogP contribution in [0.1, 0.15) is 49.7 Å². The van der Waals surface area contributed by atoms with Crippen molar-refractivity contribution < 1.29 is 23.0 Å². The summed E-state index contributed by atoms with van der Waals surface area (Å²) in [6, 6.07) is 13.4. The highest BCUT2D eigenvalue weighted by atomic mass is 19.1. The maximum absolute atomic E-state index is 16.1. The number of rotatable bonds is 7. The molecule has 9 heteroatoms. The Morgan fingerprint density at radius 2 is 1.71 bits per heavy atom. The van der Waals surface area contributed by atoms with Gasteiger partial charge in [-0.1, -0.05) is 30.3 Å². The van der Waals surface area contributed by atoms with Crippen LogP contribution in [0.25, 0.3) is 11.0 Å². The van der Waals surface area contributed by atoms with Gasteiger partial charge in [-0.15, -0.1) is 0 Å². The zero-order chi connectivity index (χ0) is 28.8. The Morgan fingerprint density at radius 3 is 2.40 bits per heavy atom. The van der Waals surface area contributed by atoms with Gasteiger partial charge in [0, 0.05) is 29.4 Å². The standard InChI is InChI=1S/C33H34F2N4O3/c1-40-26-16-27(41-2)29(35)31(28(26)34)38-18-22-17-37-32-23(14-15-36-32)30(22)39(33(38)21-10-6-11-21)24-12-7-13-25(24)42-19-20-8-4-3-5-9-20/h3-5,8-9,14-17,24-25H,6-7,10-13,18-19H2,1-2H3,(H,36,37)/t24-,25-/m1/s1. The predicted molar refractivity (Wildman–Crippen MR) is 158 cm³/mol. The summed E-state index contributed by atoms with van der Waals surface area (Å²) in [5.41, 5.74) is 4.82. The molecule has 42 heavy (non-hydrogen) atoms. The molecule has 0 amide bonds. The lowest BCUT2D eigenvalue weighted by molar-refractivity contribution is 0.0348. The number of halogens is 2. The van der Waals surface area contributed by atoms with E-state index in [1.165, 1.54) is 25.9 Å². The minimum absolute atomic E-state index is 0.0301. The number of nitrogens with one attached hydrogen (secondary N) is 1. The van der Waals surface area contributed by atoms with E-state index in [2.05, 4.69) is 27.0 Å². The SMILES string of the molecule is COc1cc(OC)c(F)c(N2Cc3cnc4[nH]ccc4c3N([C@@H]3CCC[C@H]3OCc3ccccc3)C2=C2CCC2)c1F. The van der Waals surface area contributed by atoms with E-state index in [-0.39, 0.29) is 35.9 Å². The lowest BCUT2D eigenvalue weighted by atomic mass is 9.89. The third-order valence-electron chi connectivity index (χ3n) is 8.84. The highest BCUT2D eigenvalue weighted by Crippen LogP contribution is 2.50. The first-order chi connectivity index (χ1) is 20.6. The average molecular weight is 573 g/mol. The van der Waals surface area contributed by atoms with Crippen molar-refractivity contribution in [1.82, 2.24) is 9.97 Å². The molecule has 2 aliphatic carbocycles. The van der Waals surface area contributed by atoms with Crippen LogP contribution >= 0.6 is 0 Å². The van der Waals surface area contributed by atoms with Gasteiger partial charge in [-0.2, -0.15) is 0 Å². The number of hydrogen-bond donors (Lipinski definition) is 1. The average Bonchev–Trinajstić information content (AvgIpc) is 3.66. The summed E-state index contributed by atoms with van der Waals surface area (Å²) < 4.78 is 49.5. The molecule has 7 nitrogen and oxygen atoms in total. The number of H-pyrrole nitrogens is 1. The first-order valence-corrected chi connectivity index (χ1v) is 14.6. The van der Waals surface area contributed by atoms with E-state index in [1.807, 2.05) is 36.7 Å².